The van der Waals surface area contributed by atoms with E-state index in [0.29, 0.717) is 12.1 Å². The van der Waals surface area contributed by atoms with Crippen molar-refractivity contribution in [3.8, 4) is 0 Å². The summed E-state index contributed by atoms with van der Waals surface area (Å²) in [4.78, 5) is 12.0. The van der Waals surface area contributed by atoms with E-state index >= 15 is 0 Å². The van der Waals surface area contributed by atoms with Crippen molar-refractivity contribution in [1.82, 2.24) is 5.32 Å². The summed E-state index contributed by atoms with van der Waals surface area (Å²) in [6.07, 6.45) is 0.275. The van der Waals surface area contributed by atoms with Gasteiger partial charge < -0.3 is 0 Å². The Bertz CT molecular complexity index is 813. The average molecular weight is 369 g/mol. The minimum atomic E-state index is -1.38. The summed E-state index contributed by atoms with van der Waals surface area (Å²) in [6, 6.07) is 28.5. The molecule has 1 N–H and O–H groups in total. The Morgan fingerprint density at radius 2 is 1.23 bits per heavy atom. The van der Waals surface area contributed by atoms with Gasteiger partial charge in [-0.25, -0.2) is 5.32 Å². The summed E-state index contributed by atoms with van der Waals surface area (Å²) in [5, 5.41) is 15.4. The van der Waals surface area contributed by atoms with Crippen LogP contribution in [0.15, 0.2) is 91.0 Å². The molecular formula is C21H21ClN2O2. The minimum Gasteiger partial charge on any atom is -0.262 e. The van der Waals surface area contributed by atoms with Crippen LogP contribution < -0.4 is 5.32 Å². The molecule has 3 aromatic rings. The number of benzene rings is 3. The third-order valence-corrected chi connectivity index (χ3v) is 4.29. The van der Waals surface area contributed by atoms with Crippen molar-refractivity contribution >= 4 is 12.4 Å². The fourth-order valence-corrected chi connectivity index (χ4v) is 2.95. The molecule has 1 unspecified atom stereocenters. The molecule has 3 rings (SSSR count). The Kier molecular flexibility index (Phi) is 6.89. The molecule has 0 fully saturated rings. The van der Waals surface area contributed by atoms with Crippen molar-refractivity contribution < 1.29 is 4.92 Å². The molecule has 0 aromatic heterocycles. The van der Waals surface area contributed by atoms with Gasteiger partial charge in [0.25, 0.3) is 0 Å². The second-order valence-corrected chi connectivity index (χ2v) is 5.98. The molecule has 3 aromatic carbocycles. The maximum absolute atomic E-state index is 12.2. The van der Waals surface area contributed by atoms with Gasteiger partial charge in [-0.3, -0.25) is 10.1 Å². The molecule has 0 saturated carbocycles. The van der Waals surface area contributed by atoms with Crippen molar-refractivity contribution in [2.45, 2.75) is 18.6 Å². The standard InChI is InChI=1S/C21H20N2O2.ClH/c24-23(25)21(20-14-8-3-9-15-20,16-18-10-4-1-5-11-18)22-17-19-12-6-2-7-13-19;/h1-15,22H,16-17H2;1H. The molecule has 134 valence electrons. The third kappa shape index (κ3) is 4.48. The fourth-order valence-electron chi connectivity index (χ4n) is 2.95. The fraction of sp³-hybridized carbons (Fsp3) is 0.143. The van der Waals surface area contributed by atoms with Crippen LogP contribution in [-0.2, 0) is 18.6 Å². The number of hydrogen-bond acceptors (Lipinski definition) is 3. The van der Waals surface area contributed by atoms with Gasteiger partial charge in [-0.15, -0.1) is 12.4 Å². The summed E-state index contributed by atoms with van der Waals surface area (Å²) >= 11 is 0. The van der Waals surface area contributed by atoms with Crippen molar-refractivity contribution in [2.75, 3.05) is 0 Å². The van der Waals surface area contributed by atoms with Crippen molar-refractivity contribution in [3.63, 3.8) is 0 Å². The van der Waals surface area contributed by atoms with Gasteiger partial charge in [0.2, 0.25) is 0 Å². The van der Waals surface area contributed by atoms with Gasteiger partial charge in [0.05, 0.1) is 6.42 Å². The second-order valence-electron chi connectivity index (χ2n) is 5.98. The van der Waals surface area contributed by atoms with Crippen molar-refractivity contribution in [2.24, 2.45) is 0 Å². The molecule has 0 amide bonds. The lowest BCUT2D eigenvalue weighted by atomic mass is 9.92. The first-order valence-corrected chi connectivity index (χ1v) is 8.24. The van der Waals surface area contributed by atoms with Crippen LogP contribution in [0.3, 0.4) is 0 Å². The Morgan fingerprint density at radius 1 is 0.769 bits per heavy atom. The Morgan fingerprint density at radius 3 is 1.73 bits per heavy atom. The van der Waals surface area contributed by atoms with Crippen LogP contribution in [0.4, 0.5) is 0 Å². The van der Waals surface area contributed by atoms with E-state index in [4.69, 9.17) is 0 Å². The first-order valence-electron chi connectivity index (χ1n) is 8.24. The molecule has 0 saturated heterocycles. The summed E-state index contributed by atoms with van der Waals surface area (Å²) in [6.45, 7) is 0.420. The Balaban J connectivity index is 0.00000243. The van der Waals surface area contributed by atoms with Crippen LogP contribution >= 0.6 is 12.4 Å². The summed E-state index contributed by atoms with van der Waals surface area (Å²) in [5.41, 5.74) is 1.21. The van der Waals surface area contributed by atoms with E-state index in [1.165, 1.54) is 0 Å². The Labute approximate surface area is 159 Å². The SMILES string of the molecule is Cl.O=[N+]([O-])C(Cc1ccccc1)(NCc1ccccc1)c1ccccc1. The van der Waals surface area contributed by atoms with Gasteiger partial charge in [-0.1, -0.05) is 91.0 Å². The van der Waals surface area contributed by atoms with E-state index in [9.17, 15) is 10.1 Å². The number of rotatable bonds is 7. The highest BCUT2D eigenvalue weighted by atomic mass is 35.5. The molecule has 1 atom stereocenters. The summed E-state index contributed by atoms with van der Waals surface area (Å²) < 4.78 is 0. The van der Waals surface area contributed by atoms with E-state index in [-0.39, 0.29) is 23.8 Å². The predicted molar refractivity (Wildman–Crippen MR) is 106 cm³/mol. The van der Waals surface area contributed by atoms with Crippen LogP contribution in [0, 0.1) is 10.1 Å². The zero-order chi connectivity index (χ0) is 17.5. The first kappa shape index (κ1) is 19.6. The third-order valence-electron chi connectivity index (χ3n) is 4.29. The topological polar surface area (TPSA) is 55.2 Å². The number of nitro groups is 1. The number of nitrogens with one attached hydrogen (secondary N) is 1. The zero-order valence-electron chi connectivity index (χ0n) is 14.2. The van der Waals surface area contributed by atoms with Gasteiger partial charge in [0.15, 0.2) is 0 Å². The van der Waals surface area contributed by atoms with Gasteiger partial charge in [-0.05, 0) is 11.1 Å². The van der Waals surface area contributed by atoms with Gasteiger partial charge in [0, 0.05) is 17.0 Å². The molecule has 0 heterocycles. The average Bonchev–Trinajstić information content (AvgIpc) is 2.67. The van der Waals surface area contributed by atoms with Gasteiger partial charge >= 0.3 is 5.66 Å². The summed E-state index contributed by atoms with van der Waals surface area (Å²) in [5.74, 6) is 0. The van der Waals surface area contributed by atoms with Gasteiger partial charge in [0.1, 0.15) is 0 Å². The molecular weight excluding hydrogens is 348 g/mol. The largest absolute Gasteiger partial charge is 0.305 e. The minimum absolute atomic E-state index is 0. The smallest absolute Gasteiger partial charge is 0.262 e. The molecule has 5 heteroatoms. The molecule has 0 aliphatic rings. The number of hydrogen-bond donors (Lipinski definition) is 1. The lowest BCUT2D eigenvalue weighted by molar-refractivity contribution is -0.588. The highest BCUT2D eigenvalue weighted by Gasteiger charge is 2.44. The molecule has 0 radical (unpaired) electrons. The number of nitrogens with zero attached hydrogens (tertiary/aromatic N) is 1. The lowest BCUT2D eigenvalue weighted by Crippen LogP contribution is -2.50. The van der Waals surface area contributed by atoms with E-state index in [0.717, 1.165) is 11.1 Å². The van der Waals surface area contributed by atoms with Crippen molar-refractivity contribution in [1.29, 1.82) is 0 Å². The molecule has 4 nitrogen and oxygen atoms in total. The zero-order valence-corrected chi connectivity index (χ0v) is 15.1. The monoisotopic (exact) mass is 368 g/mol. The summed E-state index contributed by atoms with van der Waals surface area (Å²) in [7, 11) is 0. The maximum Gasteiger partial charge on any atom is 0.305 e. The van der Waals surface area contributed by atoms with Crippen LogP contribution in [-0.4, -0.2) is 4.92 Å². The quantitative estimate of drug-likeness (QED) is 0.377. The lowest BCUT2D eigenvalue weighted by Gasteiger charge is -2.27. The van der Waals surface area contributed by atoms with E-state index < -0.39 is 5.66 Å². The Hall–Kier alpha value is -2.69. The number of halogens is 1. The highest BCUT2D eigenvalue weighted by molar-refractivity contribution is 5.85. The van der Waals surface area contributed by atoms with Crippen LogP contribution in [0.1, 0.15) is 16.7 Å². The molecule has 0 bridgehead atoms. The van der Waals surface area contributed by atoms with Gasteiger partial charge in [-0.2, -0.15) is 0 Å². The molecule has 26 heavy (non-hydrogen) atoms. The maximum atomic E-state index is 12.2. The van der Waals surface area contributed by atoms with Crippen LogP contribution in [0.2, 0.25) is 0 Å². The van der Waals surface area contributed by atoms with Crippen LogP contribution in [0.25, 0.3) is 0 Å². The molecule has 0 aliphatic carbocycles. The van der Waals surface area contributed by atoms with E-state index in [1.807, 2.05) is 91.0 Å². The van der Waals surface area contributed by atoms with E-state index in [2.05, 4.69) is 5.32 Å². The first-order chi connectivity index (χ1) is 12.2. The molecule has 0 spiro atoms. The van der Waals surface area contributed by atoms with Crippen molar-refractivity contribution in [3.05, 3.63) is 118 Å². The normalized spacial score (nSPS) is 12.6. The molecule has 0 aliphatic heterocycles. The second kappa shape index (κ2) is 9.13. The van der Waals surface area contributed by atoms with E-state index in [1.54, 1.807) is 0 Å². The van der Waals surface area contributed by atoms with Crippen LogP contribution in [0.5, 0.6) is 0 Å². The predicted octanol–water partition coefficient (Wildman–Crippen LogP) is 4.57. The highest BCUT2D eigenvalue weighted by Crippen LogP contribution is 2.27.